The van der Waals surface area contributed by atoms with Gasteiger partial charge in [-0.25, -0.2) is 0 Å². The molecule has 68 valence electrons. The topological polar surface area (TPSA) is 52.3 Å². The van der Waals surface area contributed by atoms with E-state index in [2.05, 4.69) is 0 Å². The summed E-state index contributed by atoms with van der Waals surface area (Å²) in [6.07, 6.45) is 0. The van der Waals surface area contributed by atoms with Crippen molar-refractivity contribution < 1.29 is 9.53 Å². The van der Waals surface area contributed by atoms with Crippen molar-refractivity contribution in [3.05, 3.63) is 0 Å². The van der Waals surface area contributed by atoms with Gasteiger partial charge in [0.05, 0.1) is 12.5 Å². The second-order valence-electron chi connectivity index (χ2n) is 5.59. The summed E-state index contributed by atoms with van der Waals surface area (Å²) in [5.74, 6) is 4.27. The minimum Gasteiger partial charge on any atom is -0.469 e. The molecule has 6 fully saturated rings. The third kappa shape index (κ3) is 0.224. The van der Waals surface area contributed by atoms with Gasteiger partial charge < -0.3 is 10.5 Å². The van der Waals surface area contributed by atoms with Gasteiger partial charge in [-0.3, -0.25) is 4.79 Å². The van der Waals surface area contributed by atoms with Gasteiger partial charge in [-0.15, -0.1) is 0 Å². The first-order chi connectivity index (χ1) is 6.21. The number of nitrogens with two attached hydrogens (primary N) is 1. The molecule has 2 N–H and O–H groups in total. The van der Waals surface area contributed by atoms with Crippen molar-refractivity contribution in [3.8, 4) is 0 Å². The quantitative estimate of drug-likeness (QED) is 0.555. The zero-order valence-electron chi connectivity index (χ0n) is 7.36. The van der Waals surface area contributed by atoms with Crippen LogP contribution < -0.4 is 5.73 Å². The monoisotopic (exact) mass is 177 g/mol. The molecule has 0 aliphatic heterocycles. The van der Waals surface area contributed by atoms with Crippen LogP contribution in [-0.4, -0.2) is 18.6 Å². The molecule has 0 aromatic carbocycles. The highest BCUT2D eigenvalue weighted by Gasteiger charge is 3.11. The maximum Gasteiger partial charge on any atom is 0.312 e. The molecule has 13 heavy (non-hydrogen) atoms. The molecule has 0 aromatic heterocycles. The van der Waals surface area contributed by atoms with Gasteiger partial charge in [-0.05, 0) is 35.5 Å². The summed E-state index contributed by atoms with van der Waals surface area (Å²) in [6.45, 7) is 0. The van der Waals surface area contributed by atoms with Gasteiger partial charge in [0.1, 0.15) is 0 Å². The van der Waals surface area contributed by atoms with Crippen LogP contribution in [0.15, 0.2) is 0 Å². The van der Waals surface area contributed by atoms with Crippen molar-refractivity contribution in [2.24, 2.45) is 46.7 Å². The van der Waals surface area contributed by atoms with Crippen molar-refractivity contribution in [1.82, 2.24) is 0 Å². The smallest absolute Gasteiger partial charge is 0.312 e. The molecule has 0 saturated heterocycles. The maximum atomic E-state index is 11.7. The first kappa shape index (κ1) is 6.02. The first-order valence-corrected chi connectivity index (χ1v) is 5.09. The van der Waals surface area contributed by atoms with Crippen molar-refractivity contribution in [2.75, 3.05) is 7.11 Å². The molecule has 6 rings (SSSR count). The van der Waals surface area contributed by atoms with Crippen LogP contribution in [0.2, 0.25) is 0 Å². The summed E-state index contributed by atoms with van der Waals surface area (Å²) in [5.41, 5.74) is 6.31. The molecule has 0 heterocycles. The molecular weight excluding hydrogens is 166 g/mol. The van der Waals surface area contributed by atoms with Crippen LogP contribution in [-0.2, 0) is 9.53 Å². The minimum atomic E-state index is -0.0480. The maximum absolute atomic E-state index is 11.7. The Kier molecular flexibility index (Phi) is 0.515. The van der Waals surface area contributed by atoms with Gasteiger partial charge in [0, 0.05) is 5.54 Å². The molecule has 0 bridgehead atoms. The van der Waals surface area contributed by atoms with Crippen LogP contribution in [0, 0.1) is 40.9 Å². The Bertz CT molecular complexity index is 370. The highest BCUT2D eigenvalue weighted by molar-refractivity contribution is 5.89. The predicted molar refractivity (Wildman–Crippen MR) is 42.3 cm³/mol. The summed E-state index contributed by atoms with van der Waals surface area (Å²) in [5, 5.41) is 0. The molecule has 0 radical (unpaired) electrons. The molecule has 3 nitrogen and oxygen atoms in total. The number of hydrogen-bond donors (Lipinski definition) is 1. The molecule has 0 amide bonds. The van der Waals surface area contributed by atoms with Gasteiger partial charge in [-0.2, -0.15) is 0 Å². The van der Waals surface area contributed by atoms with E-state index in [9.17, 15) is 4.79 Å². The molecule has 6 saturated carbocycles. The lowest BCUT2D eigenvalue weighted by Crippen LogP contribution is -3.16. The van der Waals surface area contributed by atoms with E-state index in [4.69, 9.17) is 10.5 Å². The Balaban J connectivity index is 1.68. The van der Waals surface area contributed by atoms with Gasteiger partial charge >= 0.3 is 5.97 Å². The largest absolute Gasteiger partial charge is 0.469 e. The molecular formula is C10H11NO2. The van der Waals surface area contributed by atoms with Crippen LogP contribution in [0.25, 0.3) is 0 Å². The van der Waals surface area contributed by atoms with Crippen molar-refractivity contribution in [2.45, 2.75) is 5.54 Å². The standard InChI is InChI=1S/C10H11NO2/c1-13-8(12)9-4-2-5-3(4)7(9)10(5,11)6(2)9/h2-7H,11H2,1H3/t2-,3+,4?,5?,6-,7-,9?,10?/m0/s1. The summed E-state index contributed by atoms with van der Waals surface area (Å²) < 4.78 is 4.91. The zero-order valence-corrected chi connectivity index (χ0v) is 7.36. The van der Waals surface area contributed by atoms with Gasteiger partial charge in [0.2, 0.25) is 0 Å². The highest BCUT2D eigenvalue weighted by Crippen LogP contribution is 3.06. The zero-order chi connectivity index (χ0) is 8.75. The van der Waals surface area contributed by atoms with Crippen LogP contribution in [0.4, 0.5) is 0 Å². The summed E-state index contributed by atoms with van der Waals surface area (Å²) >= 11 is 0. The Hall–Kier alpha value is -0.570. The molecule has 6 aliphatic rings. The van der Waals surface area contributed by atoms with E-state index in [1.165, 1.54) is 7.11 Å². The molecule has 8 atom stereocenters. The average molecular weight is 177 g/mol. The van der Waals surface area contributed by atoms with E-state index in [0.29, 0.717) is 17.8 Å². The van der Waals surface area contributed by atoms with Crippen molar-refractivity contribution in [1.29, 1.82) is 0 Å². The Labute approximate surface area is 75.6 Å². The Morgan fingerprint density at radius 1 is 1.31 bits per heavy atom. The lowest BCUT2D eigenvalue weighted by molar-refractivity contribution is -0.604. The molecule has 0 aromatic rings. The molecule has 4 unspecified atom stereocenters. The minimum absolute atomic E-state index is 0.0409. The van der Waals surface area contributed by atoms with Crippen LogP contribution in [0.1, 0.15) is 0 Å². The van der Waals surface area contributed by atoms with Crippen molar-refractivity contribution >= 4 is 5.97 Å². The lowest BCUT2D eigenvalue weighted by Gasteiger charge is -3.09. The van der Waals surface area contributed by atoms with Gasteiger partial charge in [0.25, 0.3) is 0 Å². The number of ether oxygens (including phenoxy) is 1. The first-order valence-electron chi connectivity index (χ1n) is 5.09. The summed E-state index contributed by atoms with van der Waals surface area (Å²) in [4.78, 5) is 11.7. The van der Waals surface area contributed by atoms with E-state index in [-0.39, 0.29) is 16.9 Å². The number of carbonyl (C=O) groups excluding carboxylic acids is 1. The lowest BCUT2D eigenvalue weighted by atomic mass is 8.94. The second kappa shape index (κ2) is 1.11. The fraction of sp³-hybridized carbons (Fsp3) is 0.900. The summed E-state index contributed by atoms with van der Waals surface area (Å²) in [7, 11) is 1.51. The van der Waals surface area contributed by atoms with E-state index >= 15 is 0 Å². The Morgan fingerprint density at radius 3 is 2.38 bits per heavy atom. The van der Waals surface area contributed by atoms with Crippen LogP contribution in [0.5, 0.6) is 0 Å². The third-order valence-electron chi connectivity index (χ3n) is 6.20. The van der Waals surface area contributed by atoms with Crippen LogP contribution >= 0.6 is 0 Å². The fourth-order valence-electron chi connectivity index (χ4n) is 6.29. The fourth-order valence-corrected chi connectivity index (χ4v) is 6.29. The van der Waals surface area contributed by atoms with Gasteiger partial charge in [-0.1, -0.05) is 0 Å². The normalized spacial score (nSPS) is 82.0. The van der Waals surface area contributed by atoms with E-state index in [0.717, 1.165) is 17.8 Å². The number of esters is 1. The summed E-state index contributed by atoms with van der Waals surface area (Å²) in [6, 6.07) is 0. The molecule has 3 heteroatoms. The number of hydrogen-bond acceptors (Lipinski definition) is 3. The average Bonchev–Trinajstić information content (AvgIpc) is 2.15. The second-order valence-corrected chi connectivity index (χ2v) is 5.59. The van der Waals surface area contributed by atoms with Gasteiger partial charge in [0.15, 0.2) is 0 Å². The van der Waals surface area contributed by atoms with Crippen molar-refractivity contribution in [3.63, 3.8) is 0 Å². The molecule has 0 spiro atoms. The van der Waals surface area contributed by atoms with E-state index in [1.807, 2.05) is 0 Å². The van der Waals surface area contributed by atoms with E-state index in [1.54, 1.807) is 0 Å². The number of methoxy groups -OCH3 is 1. The SMILES string of the molecule is COC(=O)C12C3[C@H]4C5[C@@H]3[C@@H]1C5(N)[C@@H]42. The third-order valence-corrected chi connectivity index (χ3v) is 6.20. The highest BCUT2D eigenvalue weighted by atomic mass is 16.5. The van der Waals surface area contributed by atoms with Crippen LogP contribution in [0.3, 0.4) is 0 Å². The number of carbonyl (C=O) groups is 1. The predicted octanol–water partition coefficient (Wildman–Crippen LogP) is -0.392. The van der Waals surface area contributed by atoms with E-state index < -0.39 is 0 Å². The number of rotatable bonds is 1. The molecule has 6 aliphatic carbocycles. The Morgan fingerprint density at radius 2 is 1.92 bits per heavy atom.